The first-order valence-corrected chi connectivity index (χ1v) is 4.73. The summed E-state index contributed by atoms with van der Waals surface area (Å²) < 4.78 is 0. The molecule has 0 saturated carbocycles. The summed E-state index contributed by atoms with van der Waals surface area (Å²) in [6.07, 6.45) is 3.42. The van der Waals surface area contributed by atoms with Gasteiger partial charge in [-0.2, -0.15) is 0 Å². The molecule has 0 fully saturated rings. The van der Waals surface area contributed by atoms with Crippen molar-refractivity contribution in [2.75, 3.05) is 13.6 Å². The van der Waals surface area contributed by atoms with Gasteiger partial charge in [0.15, 0.2) is 0 Å². The van der Waals surface area contributed by atoms with E-state index in [2.05, 4.69) is 36.5 Å². The van der Waals surface area contributed by atoms with E-state index in [1.54, 1.807) is 0 Å². The minimum Gasteiger partial charge on any atom is -0.316 e. The van der Waals surface area contributed by atoms with Crippen LogP contribution >= 0.6 is 0 Å². The van der Waals surface area contributed by atoms with Crippen molar-refractivity contribution in [1.82, 2.24) is 5.32 Å². The second-order valence-corrected chi connectivity index (χ2v) is 3.71. The maximum Gasteiger partial charge on any atom is 0.0168 e. The van der Waals surface area contributed by atoms with Crippen molar-refractivity contribution in [3.05, 3.63) is 40.5 Å². The third-order valence-corrected chi connectivity index (χ3v) is 2.48. The SMILES string of the molecule is CNCC1=Cc2ccc(C)cc2C1. The van der Waals surface area contributed by atoms with Crippen molar-refractivity contribution < 1.29 is 0 Å². The van der Waals surface area contributed by atoms with Crippen LogP contribution in [-0.2, 0) is 6.42 Å². The molecule has 1 aromatic carbocycles. The fraction of sp³-hybridized carbons (Fsp3) is 0.333. The summed E-state index contributed by atoms with van der Waals surface area (Å²) in [7, 11) is 2.00. The standard InChI is InChI=1S/C12H15N/c1-9-3-4-11-6-10(8-13-2)7-12(11)5-9/h3-6,13H,7-8H2,1-2H3. The summed E-state index contributed by atoms with van der Waals surface area (Å²) in [4.78, 5) is 0. The van der Waals surface area contributed by atoms with Crippen LogP contribution in [0, 0.1) is 6.92 Å². The predicted octanol–water partition coefficient (Wildman–Crippen LogP) is 2.15. The summed E-state index contributed by atoms with van der Waals surface area (Å²) in [6.45, 7) is 3.16. The first-order chi connectivity index (χ1) is 6.29. The number of likely N-dealkylation sites (N-methyl/N-ethyl adjacent to an activating group) is 1. The van der Waals surface area contributed by atoms with Crippen molar-refractivity contribution in [3.63, 3.8) is 0 Å². The quantitative estimate of drug-likeness (QED) is 0.722. The molecule has 0 radical (unpaired) electrons. The molecule has 1 aliphatic carbocycles. The zero-order chi connectivity index (χ0) is 9.26. The highest BCUT2D eigenvalue weighted by Gasteiger charge is 2.11. The molecule has 1 aliphatic rings. The van der Waals surface area contributed by atoms with E-state index < -0.39 is 0 Å². The summed E-state index contributed by atoms with van der Waals surface area (Å²) >= 11 is 0. The third kappa shape index (κ3) is 1.65. The molecular weight excluding hydrogens is 158 g/mol. The Balaban J connectivity index is 2.25. The predicted molar refractivity (Wildman–Crippen MR) is 56.8 cm³/mol. The summed E-state index contributed by atoms with van der Waals surface area (Å²) in [5, 5.41) is 3.19. The van der Waals surface area contributed by atoms with Gasteiger partial charge in [-0.3, -0.25) is 0 Å². The highest BCUT2D eigenvalue weighted by atomic mass is 14.8. The number of nitrogens with one attached hydrogen (secondary N) is 1. The van der Waals surface area contributed by atoms with E-state index in [9.17, 15) is 0 Å². The first-order valence-electron chi connectivity index (χ1n) is 4.73. The van der Waals surface area contributed by atoms with Crippen LogP contribution in [0.4, 0.5) is 0 Å². The molecule has 0 amide bonds. The lowest BCUT2D eigenvalue weighted by atomic mass is 10.1. The molecule has 0 spiro atoms. The van der Waals surface area contributed by atoms with Crippen molar-refractivity contribution in [2.45, 2.75) is 13.3 Å². The van der Waals surface area contributed by atoms with E-state index in [4.69, 9.17) is 0 Å². The van der Waals surface area contributed by atoms with Crippen LogP contribution in [0.2, 0.25) is 0 Å². The van der Waals surface area contributed by atoms with Crippen LogP contribution in [0.3, 0.4) is 0 Å². The topological polar surface area (TPSA) is 12.0 Å². The van der Waals surface area contributed by atoms with Crippen molar-refractivity contribution >= 4 is 6.08 Å². The minimum absolute atomic E-state index is 1.01. The molecule has 1 aromatic rings. The summed E-state index contributed by atoms with van der Waals surface area (Å²) in [5.74, 6) is 0. The molecule has 0 bridgehead atoms. The normalized spacial score (nSPS) is 14.2. The number of hydrogen-bond donors (Lipinski definition) is 1. The molecule has 1 heteroatoms. The van der Waals surface area contributed by atoms with E-state index >= 15 is 0 Å². The van der Waals surface area contributed by atoms with Crippen LogP contribution in [0.1, 0.15) is 16.7 Å². The minimum atomic E-state index is 1.01. The molecule has 13 heavy (non-hydrogen) atoms. The van der Waals surface area contributed by atoms with Crippen LogP contribution in [0.15, 0.2) is 23.8 Å². The van der Waals surface area contributed by atoms with E-state index in [0.717, 1.165) is 13.0 Å². The van der Waals surface area contributed by atoms with Crippen LogP contribution in [0.5, 0.6) is 0 Å². The fourth-order valence-corrected chi connectivity index (χ4v) is 1.88. The fourth-order valence-electron chi connectivity index (χ4n) is 1.88. The molecule has 1 nitrogen and oxygen atoms in total. The Kier molecular flexibility index (Phi) is 2.19. The third-order valence-electron chi connectivity index (χ3n) is 2.48. The Morgan fingerprint density at radius 2 is 2.23 bits per heavy atom. The van der Waals surface area contributed by atoms with Crippen LogP contribution in [0.25, 0.3) is 6.08 Å². The second kappa shape index (κ2) is 3.35. The van der Waals surface area contributed by atoms with Gasteiger partial charge in [0.1, 0.15) is 0 Å². The molecule has 1 N–H and O–H groups in total. The molecule has 0 atom stereocenters. The van der Waals surface area contributed by atoms with Crippen molar-refractivity contribution in [3.8, 4) is 0 Å². The van der Waals surface area contributed by atoms with Gasteiger partial charge in [-0.1, -0.05) is 35.4 Å². The summed E-state index contributed by atoms with van der Waals surface area (Å²) in [6, 6.07) is 6.68. The number of benzene rings is 1. The monoisotopic (exact) mass is 173 g/mol. The van der Waals surface area contributed by atoms with Gasteiger partial charge in [-0.05, 0) is 31.5 Å². The highest BCUT2D eigenvalue weighted by Crippen LogP contribution is 2.25. The van der Waals surface area contributed by atoms with Crippen LogP contribution in [-0.4, -0.2) is 13.6 Å². The molecule has 0 heterocycles. The maximum atomic E-state index is 3.19. The average Bonchev–Trinajstić information content (AvgIpc) is 2.46. The lowest BCUT2D eigenvalue weighted by Crippen LogP contribution is -2.10. The Morgan fingerprint density at radius 1 is 1.38 bits per heavy atom. The Bertz CT molecular complexity index is 350. The van der Waals surface area contributed by atoms with Gasteiger partial charge in [0.05, 0.1) is 0 Å². The van der Waals surface area contributed by atoms with E-state index in [1.807, 2.05) is 7.05 Å². The largest absolute Gasteiger partial charge is 0.316 e. The maximum absolute atomic E-state index is 3.19. The smallest absolute Gasteiger partial charge is 0.0168 e. The second-order valence-electron chi connectivity index (χ2n) is 3.71. The number of hydrogen-bond acceptors (Lipinski definition) is 1. The zero-order valence-electron chi connectivity index (χ0n) is 8.22. The molecule has 0 unspecified atom stereocenters. The Hall–Kier alpha value is -1.08. The van der Waals surface area contributed by atoms with Gasteiger partial charge in [0.25, 0.3) is 0 Å². The average molecular weight is 173 g/mol. The van der Waals surface area contributed by atoms with Crippen LogP contribution < -0.4 is 5.32 Å². The van der Waals surface area contributed by atoms with E-state index in [-0.39, 0.29) is 0 Å². The van der Waals surface area contributed by atoms with Gasteiger partial charge in [0.2, 0.25) is 0 Å². The lowest BCUT2D eigenvalue weighted by molar-refractivity contribution is 0.866. The zero-order valence-corrected chi connectivity index (χ0v) is 8.22. The molecule has 0 saturated heterocycles. The molecule has 2 rings (SSSR count). The van der Waals surface area contributed by atoms with Gasteiger partial charge in [-0.25, -0.2) is 0 Å². The van der Waals surface area contributed by atoms with Gasteiger partial charge in [0, 0.05) is 6.54 Å². The molecule has 68 valence electrons. The first kappa shape index (κ1) is 8.52. The molecule has 0 aliphatic heterocycles. The molecular formula is C12H15N. The highest BCUT2D eigenvalue weighted by molar-refractivity contribution is 5.64. The number of fused-ring (bicyclic) bond motifs is 1. The van der Waals surface area contributed by atoms with Crippen molar-refractivity contribution in [2.24, 2.45) is 0 Å². The Morgan fingerprint density at radius 3 is 3.00 bits per heavy atom. The number of rotatable bonds is 2. The lowest BCUT2D eigenvalue weighted by Gasteiger charge is -2.00. The Labute approximate surface area is 79.5 Å². The van der Waals surface area contributed by atoms with E-state index in [0.29, 0.717) is 0 Å². The van der Waals surface area contributed by atoms with E-state index in [1.165, 1.54) is 22.3 Å². The van der Waals surface area contributed by atoms with Gasteiger partial charge in [-0.15, -0.1) is 0 Å². The van der Waals surface area contributed by atoms with Crippen molar-refractivity contribution in [1.29, 1.82) is 0 Å². The number of aryl methyl sites for hydroxylation is 1. The van der Waals surface area contributed by atoms with Gasteiger partial charge < -0.3 is 5.32 Å². The summed E-state index contributed by atoms with van der Waals surface area (Å²) in [5.41, 5.74) is 5.72. The van der Waals surface area contributed by atoms with Gasteiger partial charge >= 0.3 is 0 Å². The molecule has 0 aromatic heterocycles.